The van der Waals surface area contributed by atoms with E-state index in [-0.39, 0.29) is 4.90 Å². The minimum atomic E-state index is -3.70. The minimum Gasteiger partial charge on any atom is -0.497 e. The summed E-state index contributed by atoms with van der Waals surface area (Å²) in [7, 11) is -2.14. The molecule has 0 unspecified atom stereocenters. The van der Waals surface area contributed by atoms with Crippen LogP contribution < -0.4 is 25.4 Å². The smallest absolute Gasteiger partial charge is 0.261 e. The first-order valence-corrected chi connectivity index (χ1v) is 10.3. The van der Waals surface area contributed by atoms with Crippen LogP contribution in [0.1, 0.15) is 26.2 Å². The van der Waals surface area contributed by atoms with Gasteiger partial charge in [-0.1, -0.05) is 19.4 Å². The first-order valence-electron chi connectivity index (χ1n) is 8.80. The molecule has 8 heteroatoms. The van der Waals surface area contributed by atoms with E-state index in [1.807, 2.05) is 12.3 Å². The number of methoxy groups -OCH3 is 1. The van der Waals surface area contributed by atoms with Crippen LogP contribution >= 0.6 is 0 Å². The molecule has 0 fully saturated rings. The number of unbranched alkanes of at least 4 members (excludes halogenated alkanes) is 1. The Labute approximate surface area is 160 Å². The summed E-state index contributed by atoms with van der Waals surface area (Å²) >= 11 is 0. The van der Waals surface area contributed by atoms with Crippen molar-refractivity contribution in [1.29, 1.82) is 0 Å². The monoisotopic (exact) mass is 388 g/mol. The van der Waals surface area contributed by atoms with Gasteiger partial charge >= 0.3 is 0 Å². The van der Waals surface area contributed by atoms with Gasteiger partial charge in [0.2, 0.25) is 0 Å². The lowest BCUT2D eigenvalue weighted by Crippen LogP contribution is -2.36. The molecule has 144 valence electrons. The summed E-state index contributed by atoms with van der Waals surface area (Å²) in [5.74, 6) is 0.665. The Hall–Kier alpha value is -2.71. The van der Waals surface area contributed by atoms with E-state index in [0.29, 0.717) is 11.4 Å². The van der Waals surface area contributed by atoms with Crippen molar-refractivity contribution in [3.8, 4) is 5.75 Å². The summed E-state index contributed by atoms with van der Waals surface area (Å²) in [5, 5.41) is 1.78. The zero-order chi connectivity index (χ0) is 19.3. The van der Waals surface area contributed by atoms with Gasteiger partial charge in [0.25, 0.3) is 10.0 Å². The number of allylic oxidation sites excluding steroid dienone is 1. The molecule has 0 bridgehead atoms. The zero-order valence-corrected chi connectivity index (χ0v) is 16.2. The molecular formula is C19H24N4O3S. The average molecular weight is 388 g/mol. The van der Waals surface area contributed by atoms with Gasteiger partial charge in [-0.3, -0.25) is 9.73 Å². The number of rotatable bonds is 8. The van der Waals surface area contributed by atoms with Gasteiger partial charge in [0.15, 0.2) is 0 Å². The van der Waals surface area contributed by atoms with Crippen LogP contribution in [0.2, 0.25) is 0 Å². The highest BCUT2D eigenvalue weighted by molar-refractivity contribution is 7.92. The summed E-state index contributed by atoms with van der Waals surface area (Å²) in [4.78, 5) is 0.188. The van der Waals surface area contributed by atoms with Gasteiger partial charge in [-0.25, -0.2) is 8.42 Å². The minimum absolute atomic E-state index is 0.188. The molecule has 0 amide bonds. The molecule has 7 nitrogen and oxygen atoms in total. The third-order valence-electron chi connectivity index (χ3n) is 4.17. The third-order valence-corrected chi connectivity index (χ3v) is 5.55. The van der Waals surface area contributed by atoms with Gasteiger partial charge < -0.3 is 10.2 Å². The van der Waals surface area contributed by atoms with Crippen molar-refractivity contribution in [2.75, 3.05) is 16.8 Å². The zero-order valence-electron chi connectivity index (χ0n) is 15.4. The molecule has 0 aromatic heterocycles. The van der Waals surface area contributed by atoms with Gasteiger partial charge in [0.05, 0.1) is 17.7 Å². The Bertz CT molecular complexity index is 911. The third kappa shape index (κ3) is 4.72. The van der Waals surface area contributed by atoms with Crippen molar-refractivity contribution >= 4 is 21.4 Å². The Balaban J connectivity index is 1.76. The molecule has 27 heavy (non-hydrogen) atoms. The van der Waals surface area contributed by atoms with Crippen LogP contribution in [0.25, 0.3) is 0 Å². The van der Waals surface area contributed by atoms with Crippen LogP contribution in [0.4, 0.5) is 11.4 Å². The van der Waals surface area contributed by atoms with Crippen molar-refractivity contribution in [1.82, 2.24) is 11.0 Å². The fourth-order valence-electron chi connectivity index (χ4n) is 2.66. The maximum Gasteiger partial charge on any atom is 0.261 e. The van der Waals surface area contributed by atoms with Gasteiger partial charge in [0.1, 0.15) is 5.75 Å². The van der Waals surface area contributed by atoms with E-state index in [4.69, 9.17) is 4.74 Å². The molecule has 2 aromatic rings. The van der Waals surface area contributed by atoms with Crippen LogP contribution in [0, 0.1) is 0 Å². The Morgan fingerprint density at radius 2 is 1.93 bits per heavy atom. The predicted molar refractivity (Wildman–Crippen MR) is 107 cm³/mol. The van der Waals surface area contributed by atoms with Crippen molar-refractivity contribution < 1.29 is 13.2 Å². The molecule has 3 N–H and O–H groups in total. The Morgan fingerprint density at radius 1 is 1.15 bits per heavy atom. The van der Waals surface area contributed by atoms with Crippen LogP contribution in [-0.2, 0) is 10.0 Å². The highest BCUT2D eigenvalue weighted by Gasteiger charge is 2.18. The molecule has 0 saturated heterocycles. The summed E-state index contributed by atoms with van der Waals surface area (Å²) in [6.45, 7) is 2.14. The van der Waals surface area contributed by atoms with Crippen molar-refractivity contribution in [3.63, 3.8) is 0 Å². The Kier molecular flexibility index (Phi) is 5.88. The number of hydrogen-bond acceptors (Lipinski definition) is 6. The number of benzene rings is 2. The predicted octanol–water partition coefficient (Wildman–Crippen LogP) is 3.36. The van der Waals surface area contributed by atoms with Gasteiger partial charge in [0, 0.05) is 17.6 Å². The first kappa shape index (κ1) is 19.1. The van der Waals surface area contributed by atoms with E-state index in [0.717, 1.165) is 30.6 Å². The number of hydrazine groups is 2. The molecular weight excluding hydrogens is 364 g/mol. The highest BCUT2D eigenvalue weighted by Crippen LogP contribution is 2.24. The average Bonchev–Trinajstić information content (AvgIpc) is 3.16. The van der Waals surface area contributed by atoms with Crippen LogP contribution in [0.3, 0.4) is 0 Å². The lowest BCUT2D eigenvalue weighted by atomic mass is 10.2. The van der Waals surface area contributed by atoms with Gasteiger partial charge in [-0.05, 0) is 55.3 Å². The normalized spacial score (nSPS) is 13.9. The van der Waals surface area contributed by atoms with E-state index in [1.54, 1.807) is 54.6 Å². The molecule has 0 atom stereocenters. The fraction of sp³-hybridized carbons (Fsp3) is 0.263. The van der Waals surface area contributed by atoms with E-state index in [1.165, 1.54) is 0 Å². The molecule has 1 aliphatic rings. The maximum atomic E-state index is 12.7. The number of anilines is 2. The number of nitrogens with one attached hydrogen (secondary N) is 3. The lowest BCUT2D eigenvalue weighted by Gasteiger charge is -2.16. The van der Waals surface area contributed by atoms with E-state index in [9.17, 15) is 8.42 Å². The van der Waals surface area contributed by atoms with Crippen LogP contribution in [0.5, 0.6) is 5.75 Å². The number of nitrogens with zero attached hydrogens (tertiary/aromatic N) is 1. The van der Waals surface area contributed by atoms with Crippen molar-refractivity contribution in [2.24, 2.45) is 0 Å². The second kappa shape index (κ2) is 8.32. The molecule has 0 saturated carbocycles. The van der Waals surface area contributed by atoms with Crippen molar-refractivity contribution in [3.05, 3.63) is 60.4 Å². The molecule has 1 heterocycles. The van der Waals surface area contributed by atoms with E-state index >= 15 is 0 Å². The number of ether oxygens (including phenoxy) is 1. The van der Waals surface area contributed by atoms with Crippen LogP contribution in [-0.4, -0.2) is 15.5 Å². The topological polar surface area (TPSA) is 82.7 Å². The number of hydrogen-bond donors (Lipinski definition) is 3. The second-order valence-electron chi connectivity index (χ2n) is 6.20. The molecule has 0 spiro atoms. The number of sulfonamides is 1. The summed E-state index contributed by atoms with van der Waals surface area (Å²) in [6, 6.07) is 13.5. The molecule has 2 aromatic carbocycles. The van der Waals surface area contributed by atoms with Gasteiger partial charge in [-0.15, -0.1) is 5.53 Å². The molecule has 3 rings (SSSR count). The molecule has 0 radical (unpaired) electrons. The quantitative estimate of drug-likeness (QED) is 0.643. The Morgan fingerprint density at radius 3 is 2.63 bits per heavy atom. The van der Waals surface area contributed by atoms with Crippen molar-refractivity contribution in [2.45, 2.75) is 31.1 Å². The summed E-state index contributed by atoms with van der Waals surface area (Å²) in [5.41, 5.74) is 8.42. The van der Waals surface area contributed by atoms with Crippen LogP contribution in [0.15, 0.2) is 65.3 Å². The summed E-state index contributed by atoms with van der Waals surface area (Å²) < 4.78 is 33.1. The second-order valence-corrected chi connectivity index (χ2v) is 7.88. The largest absolute Gasteiger partial charge is 0.497 e. The lowest BCUT2D eigenvalue weighted by molar-refractivity contribution is 0.415. The molecule has 1 aliphatic heterocycles. The standard InChI is InChI=1S/C19H24N4O3S/c1-3-4-6-16-14-23(22-20-16)17-7-5-8-19(13-17)27(24,25)21-15-9-11-18(26-2)12-10-15/h5,7-14,20-22H,3-4,6H2,1-2H3. The van der Waals surface area contributed by atoms with E-state index < -0.39 is 10.0 Å². The van der Waals surface area contributed by atoms with E-state index in [2.05, 4.69) is 22.6 Å². The van der Waals surface area contributed by atoms with Gasteiger partial charge in [-0.2, -0.15) is 0 Å². The summed E-state index contributed by atoms with van der Waals surface area (Å²) in [6.07, 6.45) is 5.09. The maximum absolute atomic E-state index is 12.7. The fourth-order valence-corrected chi connectivity index (χ4v) is 3.76. The molecule has 0 aliphatic carbocycles. The SMILES string of the molecule is CCCCC1=CN(c2cccc(S(=O)(=O)Nc3ccc(OC)cc3)c2)NN1. The first-order chi connectivity index (χ1) is 13.0. The highest BCUT2D eigenvalue weighted by atomic mass is 32.2.